The van der Waals surface area contributed by atoms with Crippen LogP contribution >= 0.6 is 0 Å². The van der Waals surface area contributed by atoms with Crippen LogP contribution in [0.5, 0.6) is 0 Å². The third-order valence-electron chi connectivity index (χ3n) is 4.23. The van der Waals surface area contributed by atoms with Gasteiger partial charge in [0.05, 0.1) is 18.8 Å². The monoisotopic (exact) mass is 328 g/mol. The second-order valence-electron chi connectivity index (χ2n) is 6.66. The molecule has 1 unspecified atom stereocenters. The van der Waals surface area contributed by atoms with Gasteiger partial charge in [0.25, 0.3) is 0 Å². The van der Waals surface area contributed by atoms with Gasteiger partial charge in [-0.15, -0.1) is 0 Å². The van der Waals surface area contributed by atoms with Gasteiger partial charge in [-0.1, -0.05) is 23.8 Å². The molecule has 0 aliphatic heterocycles. The van der Waals surface area contributed by atoms with Crippen LogP contribution in [0.2, 0.25) is 0 Å². The number of carbonyl (C=O) groups excluding carboxylic acids is 1. The number of amides is 1. The Hall–Kier alpha value is -2.14. The molecule has 1 N–H and O–H groups in total. The van der Waals surface area contributed by atoms with Gasteiger partial charge in [0.2, 0.25) is 5.91 Å². The lowest BCUT2D eigenvalue weighted by Gasteiger charge is -2.20. The summed E-state index contributed by atoms with van der Waals surface area (Å²) in [6.45, 7) is 7.42. The van der Waals surface area contributed by atoms with Crippen molar-refractivity contribution in [1.29, 1.82) is 0 Å². The van der Waals surface area contributed by atoms with Gasteiger partial charge in [0, 0.05) is 19.8 Å². The van der Waals surface area contributed by atoms with Crippen molar-refractivity contribution in [1.82, 2.24) is 20.0 Å². The zero-order valence-electron chi connectivity index (χ0n) is 15.3. The van der Waals surface area contributed by atoms with Gasteiger partial charge in [0.1, 0.15) is 0 Å². The van der Waals surface area contributed by atoms with Crippen LogP contribution < -0.4 is 5.32 Å². The summed E-state index contributed by atoms with van der Waals surface area (Å²) >= 11 is 0. The first-order valence-electron chi connectivity index (χ1n) is 8.37. The molecule has 2 rings (SSSR count). The minimum Gasteiger partial charge on any atom is -0.348 e. The Morgan fingerprint density at radius 1 is 1.38 bits per heavy atom. The van der Waals surface area contributed by atoms with Crippen LogP contribution in [0.3, 0.4) is 0 Å². The van der Waals surface area contributed by atoms with E-state index in [2.05, 4.69) is 42.5 Å². The molecule has 5 heteroatoms. The summed E-state index contributed by atoms with van der Waals surface area (Å²) in [6.07, 6.45) is 4.77. The first-order chi connectivity index (χ1) is 11.3. The van der Waals surface area contributed by atoms with Gasteiger partial charge >= 0.3 is 0 Å². The van der Waals surface area contributed by atoms with E-state index in [-0.39, 0.29) is 11.9 Å². The Labute approximate surface area is 144 Å². The predicted molar refractivity (Wildman–Crippen MR) is 96.9 cm³/mol. The van der Waals surface area contributed by atoms with E-state index in [9.17, 15) is 4.79 Å². The summed E-state index contributed by atoms with van der Waals surface area (Å²) in [5.74, 6) is 0.0529. The number of benzene rings is 1. The Kier molecular flexibility index (Phi) is 6.15. The van der Waals surface area contributed by atoms with Gasteiger partial charge < -0.3 is 5.32 Å². The van der Waals surface area contributed by atoms with Crippen molar-refractivity contribution in [3.05, 3.63) is 52.8 Å². The van der Waals surface area contributed by atoms with Crippen LogP contribution in [-0.4, -0.2) is 40.7 Å². The second kappa shape index (κ2) is 8.11. The fourth-order valence-corrected chi connectivity index (χ4v) is 2.84. The first kappa shape index (κ1) is 18.2. The van der Waals surface area contributed by atoms with Crippen LogP contribution in [0.4, 0.5) is 0 Å². The van der Waals surface area contributed by atoms with Crippen molar-refractivity contribution >= 4 is 5.91 Å². The highest BCUT2D eigenvalue weighted by Crippen LogP contribution is 2.18. The van der Waals surface area contributed by atoms with Gasteiger partial charge in [-0.2, -0.15) is 5.10 Å². The number of hydrogen-bond acceptors (Lipinski definition) is 3. The molecule has 130 valence electrons. The highest BCUT2D eigenvalue weighted by atomic mass is 16.2. The van der Waals surface area contributed by atoms with E-state index in [1.807, 2.05) is 38.3 Å². The van der Waals surface area contributed by atoms with Gasteiger partial charge in [-0.3, -0.25) is 14.4 Å². The molecule has 0 saturated heterocycles. The molecule has 0 fully saturated rings. The summed E-state index contributed by atoms with van der Waals surface area (Å²) in [6, 6.07) is 6.36. The van der Waals surface area contributed by atoms with Crippen molar-refractivity contribution < 1.29 is 4.79 Å². The fourth-order valence-electron chi connectivity index (χ4n) is 2.84. The maximum absolute atomic E-state index is 12.3. The summed E-state index contributed by atoms with van der Waals surface area (Å²) in [5.41, 5.74) is 4.79. The third kappa shape index (κ3) is 5.20. The molecular weight excluding hydrogens is 300 g/mol. The lowest BCUT2D eigenvalue weighted by atomic mass is 10.00. The minimum absolute atomic E-state index is 0.0177. The summed E-state index contributed by atoms with van der Waals surface area (Å²) in [4.78, 5) is 14.3. The normalized spacial score (nSPS) is 12.4. The fraction of sp³-hybridized carbons (Fsp3) is 0.474. The van der Waals surface area contributed by atoms with Crippen molar-refractivity contribution in [2.75, 3.05) is 20.1 Å². The average molecular weight is 328 g/mol. The molecule has 1 amide bonds. The molecule has 1 aromatic heterocycles. The van der Waals surface area contributed by atoms with E-state index >= 15 is 0 Å². The number of carbonyl (C=O) groups is 1. The van der Waals surface area contributed by atoms with Gasteiger partial charge in [-0.25, -0.2) is 0 Å². The molecule has 0 aliphatic rings. The van der Waals surface area contributed by atoms with Crippen LogP contribution in [-0.2, 0) is 18.3 Å². The zero-order chi connectivity index (χ0) is 17.7. The minimum atomic E-state index is 0.0177. The van der Waals surface area contributed by atoms with Crippen molar-refractivity contribution in [3.63, 3.8) is 0 Å². The number of aryl methyl sites for hydroxylation is 3. The van der Waals surface area contributed by atoms with Crippen LogP contribution in [0.15, 0.2) is 30.6 Å². The third-order valence-corrected chi connectivity index (χ3v) is 4.23. The molecule has 24 heavy (non-hydrogen) atoms. The molecule has 0 bridgehead atoms. The van der Waals surface area contributed by atoms with E-state index in [0.29, 0.717) is 6.54 Å². The highest BCUT2D eigenvalue weighted by molar-refractivity contribution is 5.78. The van der Waals surface area contributed by atoms with Crippen LogP contribution in [0.25, 0.3) is 0 Å². The first-order valence-corrected chi connectivity index (χ1v) is 8.37. The molecule has 0 radical (unpaired) electrons. The van der Waals surface area contributed by atoms with E-state index in [1.54, 1.807) is 4.68 Å². The highest BCUT2D eigenvalue weighted by Gasteiger charge is 2.13. The molecular formula is C19H28N4O. The van der Waals surface area contributed by atoms with Crippen LogP contribution in [0.1, 0.15) is 35.2 Å². The Bertz CT molecular complexity index is 692. The lowest BCUT2D eigenvalue weighted by Crippen LogP contribution is -2.37. The van der Waals surface area contributed by atoms with E-state index in [4.69, 9.17) is 0 Å². The molecule has 0 saturated carbocycles. The standard InChI is InChI=1S/C19H28N4O/c1-14-6-7-15(2)18(10-14)16(3)21-19(24)13-22(4)9-8-17-11-20-23(5)12-17/h6-7,10-12,16H,8-9,13H2,1-5H3,(H,21,24). The van der Waals surface area contributed by atoms with Gasteiger partial charge in [0.15, 0.2) is 0 Å². The summed E-state index contributed by atoms with van der Waals surface area (Å²) in [5, 5.41) is 7.26. The maximum Gasteiger partial charge on any atom is 0.234 e. The summed E-state index contributed by atoms with van der Waals surface area (Å²) < 4.78 is 1.80. The second-order valence-corrected chi connectivity index (χ2v) is 6.66. The molecule has 0 aliphatic carbocycles. The predicted octanol–water partition coefficient (Wildman–Crippen LogP) is 2.39. The maximum atomic E-state index is 12.3. The molecule has 5 nitrogen and oxygen atoms in total. The molecule has 1 atom stereocenters. The largest absolute Gasteiger partial charge is 0.348 e. The molecule has 0 spiro atoms. The number of nitrogens with zero attached hydrogens (tertiary/aromatic N) is 3. The number of rotatable bonds is 7. The van der Waals surface area contributed by atoms with Crippen molar-refractivity contribution in [3.8, 4) is 0 Å². The van der Waals surface area contributed by atoms with Crippen LogP contribution in [0, 0.1) is 13.8 Å². The Morgan fingerprint density at radius 3 is 2.79 bits per heavy atom. The quantitative estimate of drug-likeness (QED) is 0.849. The van der Waals surface area contributed by atoms with E-state index in [1.165, 1.54) is 22.3 Å². The zero-order valence-corrected chi connectivity index (χ0v) is 15.3. The van der Waals surface area contributed by atoms with Crippen molar-refractivity contribution in [2.24, 2.45) is 7.05 Å². The van der Waals surface area contributed by atoms with E-state index < -0.39 is 0 Å². The topological polar surface area (TPSA) is 50.2 Å². The number of nitrogens with one attached hydrogen (secondary N) is 1. The number of aromatic nitrogens is 2. The summed E-state index contributed by atoms with van der Waals surface area (Å²) in [7, 11) is 3.88. The van der Waals surface area contributed by atoms with Gasteiger partial charge in [-0.05, 0) is 50.9 Å². The smallest absolute Gasteiger partial charge is 0.234 e. The SMILES string of the molecule is Cc1ccc(C)c(C(C)NC(=O)CN(C)CCc2cnn(C)c2)c1. The number of hydrogen-bond donors (Lipinski definition) is 1. The lowest BCUT2D eigenvalue weighted by molar-refractivity contribution is -0.122. The Morgan fingerprint density at radius 2 is 2.12 bits per heavy atom. The molecule has 1 heterocycles. The van der Waals surface area contributed by atoms with E-state index in [0.717, 1.165) is 13.0 Å². The molecule has 1 aromatic carbocycles. The average Bonchev–Trinajstić information content (AvgIpc) is 2.93. The molecule has 2 aromatic rings. The van der Waals surface area contributed by atoms with Crippen molar-refractivity contribution in [2.45, 2.75) is 33.2 Å². The number of likely N-dealkylation sites (N-methyl/N-ethyl adjacent to an activating group) is 1. The Balaban J connectivity index is 1.82.